The highest BCUT2D eigenvalue weighted by atomic mass is 35.5. The number of carbonyl (C=O) groups excluding carboxylic acids is 2. The first kappa shape index (κ1) is 26.9. The van der Waals surface area contributed by atoms with Gasteiger partial charge in [0.15, 0.2) is 10.1 Å². The monoisotopic (exact) mass is 612 g/mol. The zero-order valence-corrected chi connectivity index (χ0v) is 23.4. The molecule has 0 aliphatic carbocycles. The standard InChI is InChI=1S/C23H18Cl2N4O6S3/c1-10-27-28-23(38-10)37-9-11-8-36-21-17(20(31)29(21)18(11)22(32)33)26-19(30)16-5-3-13(35-16)7-34-15-4-2-12(24)6-14(15)25/h2-6,17,21H,7-9H2,1H3,(H,26,30)(H,32,33)/t17-,21-/m1/s1. The van der Waals surface area contributed by atoms with Gasteiger partial charge in [-0.25, -0.2) is 4.79 Å². The highest BCUT2D eigenvalue weighted by Crippen LogP contribution is 2.42. The molecule has 0 spiro atoms. The van der Waals surface area contributed by atoms with Crippen molar-refractivity contribution in [2.45, 2.75) is 29.3 Å². The number of carbonyl (C=O) groups is 3. The second-order valence-corrected chi connectivity index (χ2v) is 12.5. The van der Waals surface area contributed by atoms with E-state index in [-0.39, 0.29) is 18.1 Å². The molecular weight excluding hydrogens is 595 g/mol. The van der Waals surface area contributed by atoms with Gasteiger partial charge in [0.05, 0.1) is 5.02 Å². The van der Waals surface area contributed by atoms with Gasteiger partial charge >= 0.3 is 5.97 Å². The van der Waals surface area contributed by atoms with E-state index in [1.54, 1.807) is 24.3 Å². The smallest absolute Gasteiger partial charge is 0.352 e. The molecule has 15 heteroatoms. The van der Waals surface area contributed by atoms with Crippen molar-refractivity contribution in [1.29, 1.82) is 0 Å². The molecule has 2 aliphatic heterocycles. The quantitative estimate of drug-likeness (QED) is 0.263. The Morgan fingerprint density at radius 3 is 2.82 bits per heavy atom. The number of aliphatic carboxylic acids is 1. The van der Waals surface area contributed by atoms with Crippen LogP contribution in [0.4, 0.5) is 0 Å². The number of β-lactam (4-membered cyclic amide) rings is 1. The van der Waals surface area contributed by atoms with Gasteiger partial charge in [0.1, 0.15) is 40.2 Å². The summed E-state index contributed by atoms with van der Waals surface area (Å²) in [5.41, 5.74) is 0.572. The number of aromatic nitrogens is 2. The summed E-state index contributed by atoms with van der Waals surface area (Å²) in [5, 5.41) is 21.6. The number of halogens is 2. The van der Waals surface area contributed by atoms with Crippen LogP contribution in [0.1, 0.15) is 21.3 Å². The number of amides is 2. The number of benzene rings is 1. The number of hydrogen-bond acceptors (Lipinski definition) is 10. The van der Waals surface area contributed by atoms with E-state index in [1.165, 1.54) is 45.8 Å². The van der Waals surface area contributed by atoms with Crippen LogP contribution in [0, 0.1) is 6.92 Å². The molecular formula is C23H18Cl2N4O6S3. The first-order chi connectivity index (χ1) is 18.2. The lowest BCUT2D eigenvalue weighted by molar-refractivity contribution is -0.148. The normalized spacial score (nSPS) is 18.7. The zero-order chi connectivity index (χ0) is 27.0. The van der Waals surface area contributed by atoms with E-state index in [4.69, 9.17) is 32.4 Å². The van der Waals surface area contributed by atoms with Gasteiger partial charge in [-0.1, -0.05) is 46.3 Å². The molecule has 1 saturated heterocycles. The van der Waals surface area contributed by atoms with Gasteiger partial charge in [0, 0.05) is 16.5 Å². The van der Waals surface area contributed by atoms with E-state index in [9.17, 15) is 19.5 Å². The van der Waals surface area contributed by atoms with E-state index in [0.717, 1.165) is 9.35 Å². The molecule has 2 aliphatic rings. The third-order valence-corrected chi connectivity index (χ3v) is 9.49. The van der Waals surface area contributed by atoms with E-state index in [1.807, 2.05) is 6.92 Å². The van der Waals surface area contributed by atoms with Crippen LogP contribution in [-0.2, 0) is 16.2 Å². The van der Waals surface area contributed by atoms with Gasteiger partial charge in [0.25, 0.3) is 11.8 Å². The Hall–Kier alpha value is -2.71. The number of furan rings is 1. The number of carboxylic acid groups (broad SMARTS) is 1. The van der Waals surface area contributed by atoms with Crippen molar-refractivity contribution in [3.05, 3.63) is 68.2 Å². The molecule has 2 N–H and O–H groups in total. The summed E-state index contributed by atoms with van der Waals surface area (Å²) >= 11 is 16.2. The Bertz CT molecular complexity index is 1460. The Morgan fingerprint density at radius 2 is 2.11 bits per heavy atom. The minimum Gasteiger partial charge on any atom is -0.484 e. The number of thioether (sulfide) groups is 2. The predicted octanol–water partition coefficient (Wildman–Crippen LogP) is 4.47. The van der Waals surface area contributed by atoms with Gasteiger partial charge in [-0.3, -0.25) is 14.5 Å². The number of aryl methyl sites for hydroxylation is 1. The topological polar surface area (TPSA) is 135 Å². The van der Waals surface area contributed by atoms with Gasteiger partial charge in [0.2, 0.25) is 0 Å². The first-order valence-electron chi connectivity index (χ1n) is 11.0. The number of rotatable bonds is 9. The Morgan fingerprint density at radius 1 is 1.29 bits per heavy atom. The number of fused-ring (bicyclic) bond motifs is 1. The number of carboxylic acids is 1. The lowest BCUT2D eigenvalue weighted by atomic mass is 10.0. The highest BCUT2D eigenvalue weighted by Gasteiger charge is 2.54. The number of nitrogens with zero attached hydrogens (tertiary/aromatic N) is 3. The van der Waals surface area contributed by atoms with Crippen molar-refractivity contribution < 1.29 is 28.6 Å². The fourth-order valence-electron chi connectivity index (χ4n) is 3.81. The van der Waals surface area contributed by atoms with Crippen LogP contribution < -0.4 is 10.1 Å². The summed E-state index contributed by atoms with van der Waals surface area (Å²) < 4.78 is 11.9. The van der Waals surface area contributed by atoms with Crippen molar-refractivity contribution in [3.8, 4) is 5.75 Å². The Labute approximate surface area is 238 Å². The Kier molecular flexibility index (Phi) is 7.91. The molecule has 0 radical (unpaired) electrons. The molecule has 4 heterocycles. The Balaban J connectivity index is 1.20. The summed E-state index contributed by atoms with van der Waals surface area (Å²) in [6, 6.07) is 6.99. The van der Waals surface area contributed by atoms with Crippen LogP contribution in [0.15, 0.2) is 50.4 Å². The first-order valence-corrected chi connectivity index (χ1v) is 14.6. The lowest BCUT2D eigenvalue weighted by Crippen LogP contribution is -2.70. The van der Waals surface area contributed by atoms with Crippen molar-refractivity contribution >= 4 is 75.8 Å². The largest absolute Gasteiger partial charge is 0.484 e. The van der Waals surface area contributed by atoms with Crippen LogP contribution in [-0.4, -0.2) is 60.9 Å². The second-order valence-electron chi connectivity index (χ2n) is 8.12. The third-order valence-electron chi connectivity index (χ3n) is 5.56. The fourth-order valence-corrected chi connectivity index (χ4v) is 7.57. The van der Waals surface area contributed by atoms with Crippen LogP contribution in [0.5, 0.6) is 5.75 Å². The summed E-state index contributed by atoms with van der Waals surface area (Å²) in [7, 11) is 0. The molecule has 0 unspecified atom stereocenters. The molecule has 0 saturated carbocycles. The minimum atomic E-state index is -1.19. The maximum absolute atomic E-state index is 12.9. The molecule has 0 bridgehead atoms. The van der Waals surface area contributed by atoms with Crippen LogP contribution in [0.3, 0.4) is 0 Å². The van der Waals surface area contributed by atoms with E-state index in [0.29, 0.717) is 38.6 Å². The summed E-state index contributed by atoms with van der Waals surface area (Å²) in [4.78, 5) is 39.0. The van der Waals surface area contributed by atoms with Crippen LogP contribution >= 0.6 is 58.1 Å². The van der Waals surface area contributed by atoms with Crippen molar-refractivity contribution in [3.63, 3.8) is 0 Å². The van der Waals surface area contributed by atoms with Gasteiger partial charge in [-0.2, -0.15) is 0 Å². The number of ether oxygens (including phenoxy) is 1. The zero-order valence-electron chi connectivity index (χ0n) is 19.5. The summed E-state index contributed by atoms with van der Waals surface area (Å²) in [5.74, 6) is -0.712. The molecule has 2 atom stereocenters. The highest BCUT2D eigenvalue weighted by molar-refractivity contribution is 8.01. The van der Waals surface area contributed by atoms with E-state index >= 15 is 0 Å². The minimum absolute atomic E-state index is 0.00342. The average Bonchev–Trinajstić information content (AvgIpc) is 3.53. The van der Waals surface area contributed by atoms with Crippen LogP contribution in [0.2, 0.25) is 10.0 Å². The van der Waals surface area contributed by atoms with Crippen LogP contribution in [0.25, 0.3) is 0 Å². The summed E-state index contributed by atoms with van der Waals surface area (Å²) in [6.45, 7) is 1.86. The van der Waals surface area contributed by atoms with Gasteiger partial charge in [-0.15, -0.1) is 22.0 Å². The van der Waals surface area contributed by atoms with Crippen molar-refractivity contribution in [2.75, 3.05) is 11.5 Å². The van der Waals surface area contributed by atoms with Gasteiger partial charge < -0.3 is 19.6 Å². The maximum Gasteiger partial charge on any atom is 0.352 e. The SMILES string of the molecule is Cc1nnc(SCC2=C(C(=O)O)N3C(=O)[C@@H](NC(=O)c4ccc(COc5ccc(Cl)cc5Cl)o4)[C@H]3SC2)s1. The molecule has 10 nitrogen and oxygen atoms in total. The lowest BCUT2D eigenvalue weighted by Gasteiger charge is -2.49. The second kappa shape index (κ2) is 11.2. The molecule has 1 aromatic carbocycles. The molecule has 3 aromatic rings. The van der Waals surface area contributed by atoms with E-state index in [2.05, 4.69) is 15.5 Å². The molecule has 198 valence electrons. The summed E-state index contributed by atoms with van der Waals surface area (Å²) in [6.07, 6.45) is 0. The molecule has 2 aromatic heterocycles. The molecule has 38 heavy (non-hydrogen) atoms. The molecule has 5 rings (SSSR count). The molecule has 1 fully saturated rings. The van der Waals surface area contributed by atoms with Gasteiger partial charge in [-0.05, 0) is 42.8 Å². The van der Waals surface area contributed by atoms with Crippen molar-refractivity contribution in [2.24, 2.45) is 0 Å². The predicted molar refractivity (Wildman–Crippen MR) is 144 cm³/mol. The number of hydrogen-bond donors (Lipinski definition) is 2. The third kappa shape index (κ3) is 5.52. The van der Waals surface area contributed by atoms with E-state index < -0.39 is 29.2 Å². The fraction of sp³-hybridized carbons (Fsp3) is 0.261. The molecule has 2 amide bonds. The van der Waals surface area contributed by atoms with Crippen molar-refractivity contribution in [1.82, 2.24) is 20.4 Å². The number of nitrogens with one attached hydrogen (secondary N) is 1. The maximum atomic E-state index is 12.9. The average molecular weight is 614 g/mol.